The Labute approximate surface area is 220 Å². The van der Waals surface area contributed by atoms with Gasteiger partial charge >= 0.3 is 6.09 Å². The van der Waals surface area contributed by atoms with Gasteiger partial charge in [-0.1, -0.05) is 12.1 Å². The second-order valence-corrected chi connectivity index (χ2v) is 9.17. The number of pyridine rings is 1. The number of nitrogens with zero attached hydrogens (tertiary/aromatic N) is 7. The van der Waals surface area contributed by atoms with Crippen molar-refractivity contribution in [3.8, 4) is 22.5 Å². The van der Waals surface area contributed by atoms with Gasteiger partial charge in [0.1, 0.15) is 5.69 Å². The smallest absolute Gasteiger partial charge is 0.404 e. The number of anilines is 1. The number of carbonyl (C=O) groups excluding carboxylic acids is 1. The number of carbonyl (C=O) groups is 2. The van der Waals surface area contributed by atoms with Crippen LogP contribution >= 0.6 is 0 Å². The summed E-state index contributed by atoms with van der Waals surface area (Å²) >= 11 is 0. The number of hydrogen-bond acceptors (Lipinski definition) is 7. The van der Waals surface area contributed by atoms with Gasteiger partial charge in [0, 0.05) is 61.3 Å². The molecule has 2 N–H and O–H groups in total. The maximum atomic E-state index is 13.5. The Hall–Kier alpha value is -4.54. The second-order valence-electron chi connectivity index (χ2n) is 9.17. The molecule has 0 spiro atoms. The van der Waals surface area contributed by atoms with Gasteiger partial charge in [-0.15, -0.1) is 20.4 Å². The van der Waals surface area contributed by atoms with Crippen molar-refractivity contribution >= 4 is 23.2 Å². The van der Waals surface area contributed by atoms with Crippen LogP contribution in [0.25, 0.3) is 28.0 Å². The molecule has 1 aliphatic heterocycles. The van der Waals surface area contributed by atoms with E-state index in [1.807, 2.05) is 22.7 Å². The zero-order valence-corrected chi connectivity index (χ0v) is 21.7. The fraction of sp³-hybridized carbons (Fsp3) is 0.333. The summed E-state index contributed by atoms with van der Waals surface area (Å²) in [6, 6.07) is 12.3. The van der Waals surface area contributed by atoms with Gasteiger partial charge in [-0.25, -0.2) is 4.79 Å². The van der Waals surface area contributed by atoms with Crippen LogP contribution < -0.4 is 10.2 Å². The highest BCUT2D eigenvalue weighted by Crippen LogP contribution is 2.40. The zero-order valence-electron chi connectivity index (χ0n) is 21.7. The first kappa shape index (κ1) is 25.1. The van der Waals surface area contributed by atoms with Crippen LogP contribution in [0.1, 0.15) is 42.1 Å². The molecule has 4 heterocycles. The predicted molar refractivity (Wildman–Crippen MR) is 143 cm³/mol. The van der Waals surface area contributed by atoms with Crippen molar-refractivity contribution in [1.29, 1.82) is 0 Å². The molecule has 2 amide bonds. The second kappa shape index (κ2) is 10.4. The number of hydrogen-bond donors (Lipinski definition) is 2. The van der Waals surface area contributed by atoms with E-state index < -0.39 is 6.09 Å². The third kappa shape index (κ3) is 4.62. The number of fused-ring (bicyclic) bond motifs is 3. The lowest BCUT2D eigenvalue weighted by molar-refractivity contribution is 0.0771. The summed E-state index contributed by atoms with van der Waals surface area (Å²) in [6.45, 7) is 9.05. The predicted octanol–water partition coefficient (Wildman–Crippen LogP) is 3.62. The van der Waals surface area contributed by atoms with Crippen molar-refractivity contribution in [3.63, 3.8) is 0 Å². The van der Waals surface area contributed by atoms with Gasteiger partial charge in [0.25, 0.3) is 5.91 Å². The third-order valence-corrected chi connectivity index (χ3v) is 6.88. The lowest BCUT2D eigenvalue weighted by atomic mass is 10.0. The first-order valence-corrected chi connectivity index (χ1v) is 12.7. The molecule has 4 aromatic rings. The van der Waals surface area contributed by atoms with Gasteiger partial charge in [0.05, 0.1) is 5.52 Å². The average Bonchev–Trinajstić information content (AvgIpc) is 3.41. The van der Waals surface area contributed by atoms with E-state index in [2.05, 4.69) is 68.7 Å². The van der Waals surface area contributed by atoms with Gasteiger partial charge < -0.3 is 24.6 Å². The first-order valence-electron chi connectivity index (χ1n) is 12.7. The summed E-state index contributed by atoms with van der Waals surface area (Å²) in [6.07, 6.45) is 1.34. The molecule has 5 rings (SSSR count). The van der Waals surface area contributed by atoms with E-state index in [0.717, 1.165) is 46.5 Å². The molecule has 0 fully saturated rings. The fourth-order valence-corrected chi connectivity index (χ4v) is 5.03. The van der Waals surface area contributed by atoms with Crippen LogP contribution in [-0.2, 0) is 6.54 Å². The standard InChI is InChI=1S/C27H30N8O3/c1-4-33(5-2)20-9-7-18(8-10-20)23-21-16-34(13-6-12-28-27(37)38)26(36)24(21)35-14-11-19(15-22(23)35)25-31-29-17(3)30-32-25/h7-11,14-15,28H,4-6,12-13,16H2,1-3H3,(H,37,38). The molecular formula is C27H30N8O3. The Morgan fingerprint density at radius 1 is 1.05 bits per heavy atom. The van der Waals surface area contributed by atoms with Crippen LogP contribution in [0.4, 0.5) is 10.5 Å². The maximum Gasteiger partial charge on any atom is 0.404 e. The molecular weight excluding hydrogens is 484 g/mol. The quantitative estimate of drug-likeness (QED) is 0.324. The van der Waals surface area contributed by atoms with Gasteiger partial charge in [-0.3, -0.25) is 4.79 Å². The SMILES string of the molecule is CCN(CC)c1ccc(-c2c3c(n4ccc(-c5nnc(C)nn5)cc24)C(=O)N(CCCNC(=O)O)C3)cc1. The highest BCUT2D eigenvalue weighted by Gasteiger charge is 2.34. The third-order valence-electron chi connectivity index (χ3n) is 6.88. The molecule has 3 aromatic heterocycles. The van der Waals surface area contributed by atoms with Crippen molar-refractivity contribution in [2.45, 2.75) is 33.7 Å². The largest absolute Gasteiger partial charge is 0.465 e. The van der Waals surface area contributed by atoms with E-state index in [1.54, 1.807) is 11.8 Å². The number of nitrogens with one attached hydrogen (secondary N) is 1. The van der Waals surface area contributed by atoms with Crippen molar-refractivity contribution in [1.82, 2.24) is 35.0 Å². The van der Waals surface area contributed by atoms with Crippen LogP contribution in [0.5, 0.6) is 0 Å². The molecule has 0 bridgehead atoms. The van der Waals surface area contributed by atoms with E-state index in [0.29, 0.717) is 43.4 Å². The van der Waals surface area contributed by atoms with Crippen LogP contribution in [-0.4, -0.2) is 73.0 Å². The minimum atomic E-state index is -1.06. The average molecular weight is 515 g/mol. The zero-order chi connectivity index (χ0) is 26.8. The lowest BCUT2D eigenvalue weighted by Gasteiger charge is -2.21. The Morgan fingerprint density at radius 3 is 2.42 bits per heavy atom. The molecule has 0 saturated carbocycles. The number of benzene rings is 1. The summed E-state index contributed by atoms with van der Waals surface area (Å²) in [5, 5.41) is 27.7. The molecule has 1 aromatic carbocycles. The van der Waals surface area contributed by atoms with Crippen LogP contribution in [0.15, 0.2) is 42.6 Å². The molecule has 11 nitrogen and oxygen atoms in total. The van der Waals surface area contributed by atoms with Crippen molar-refractivity contribution in [3.05, 3.63) is 59.7 Å². The Bertz CT molecular complexity index is 1480. The Morgan fingerprint density at radius 2 is 1.76 bits per heavy atom. The minimum absolute atomic E-state index is 0.0704. The number of amides is 2. The molecule has 0 radical (unpaired) electrons. The van der Waals surface area contributed by atoms with Crippen molar-refractivity contribution < 1.29 is 14.7 Å². The highest BCUT2D eigenvalue weighted by atomic mass is 16.4. The molecule has 0 aliphatic carbocycles. The van der Waals surface area contributed by atoms with E-state index in [1.165, 1.54) is 0 Å². The molecule has 0 saturated heterocycles. The number of rotatable bonds is 9. The lowest BCUT2D eigenvalue weighted by Crippen LogP contribution is -2.30. The van der Waals surface area contributed by atoms with Crippen LogP contribution in [0.3, 0.4) is 0 Å². The van der Waals surface area contributed by atoms with Crippen molar-refractivity contribution in [2.24, 2.45) is 0 Å². The first-order chi connectivity index (χ1) is 18.4. The molecule has 0 unspecified atom stereocenters. The Kier molecular flexibility index (Phi) is 6.91. The van der Waals surface area contributed by atoms with E-state index in [9.17, 15) is 9.59 Å². The summed E-state index contributed by atoms with van der Waals surface area (Å²) in [5.41, 5.74) is 6.37. The molecule has 38 heavy (non-hydrogen) atoms. The van der Waals surface area contributed by atoms with Gasteiger partial charge in [0.2, 0.25) is 5.82 Å². The van der Waals surface area contributed by atoms with E-state index in [-0.39, 0.29) is 5.91 Å². The minimum Gasteiger partial charge on any atom is -0.465 e. The van der Waals surface area contributed by atoms with Crippen molar-refractivity contribution in [2.75, 3.05) is 31.1 Å². The van der Waals surface area contributed by atoms with E-state index >= 15 is 0 Å². The molecule has 11 heteroatoms. The number of carboxylic acid groups (broad SMARTS) is 1. The topological polar surface area (TPSA) is 129 Å². The summed E-state index contributed by atoms with van der Waals surface area (Å²) in [4.78, 5) is 28.4. The maximum absolute atomic E-state index is 13.5. The van der Waals surface area contributed by atoms with Gasteiger partial charge in [-0.05, 0) is 57.0 Å². The molecule has 1 aliphatic rings. The Balaban J connectivity index is 1.57. The summed E-state index contributed by atoms with van der Waals surface area (Å²) in [7, 11) is 0. The summed E-state index contributed by atoms with van der Waals surface area (Å²) < 4.78 is 1.93. The molecule has 196 valence electrons. The number of aryl methyl sites for hydroxylation is 1. The number of aromatic nitrogens is 5. The van der Waals surface area contributed by atoms with E-state index in [4.69, 9.17) is 5.11 Å². The fourth-order valence-electron chi connectivity index (χ4n) is 5.03. The van der Waals surface area contributed by atoms with Gasteiger partial charge in [0.15, 0.2) is 5.82 Å². The molecule has 0 atom stereocenters. The van der Waals surface area contributed by atoms with Gasteiger partial charge in [-0.2, -0.15) is 0 Å². The van der Waals surface area contributed by atoms with Crippen LogP contribution in [0, 0.1) is 6.92 Å². The normalized spacial score (nSPS) is 12.7. The summed E-state index contributed by atoms with van der Waals surface area (Å²) in [5.74, 6) is 0.842. The monoisotopic (exact) mass is 514 g/mol. The highest BCUT2D eigenvalue weighted by molar-refractivity contribution is 6.04. The van der Waals surface area contributed by atoms with Crippen LogP contribution in [0.2, 0.25) is 0 Å².